The van der Waals surface area contributed by atoms with Crippen LogP contribution in [0.25, 0.3) is 0 Å². The van der Waals surface area contributed by atoms with Gasteiger partial charge < -0.3 is 5.32 Å². The van der Waals surface area contributed by atoms with Gasteiger partial charge in [0, 0.05) is 5.69 Å². The van der Waals surface area contributed by atoms with E-state index in [2.05, 4.69) is 17.0 Å². The summed E-state index contributed by atoms with van der Waals surface area (Å²) in [7, 11) is 0. The minimum absolute atomic E-state index is 0.382. The Kier molecular flexibility index (Phi) is 2.75. The normalized spacial score (nSPS) is 16.1. The van der Waals surface area contributed by atoms with E-state index in [0.29, 0.717) is 18.5 Å². The summed E-state index contributed by atoms with van der Waals surface area (Å²) in [6.45, 7) is 3.14. The number of nitrogens with one attached hydrogen (secondary N) is 1. The van der Waals surface area contributed by atoms with Crippen LogP contribution in [0.5, 0.6) is 0 Å². The van der Waals surface area contributed by atoms with Crippen molar-refractivity contribution in [2.24, 2.45) is 10.4 Å². The third kappa shape index (κ3) is 2.08. The molecule has 0 spiro atoms. The number of carbonyl (C=O) groups excluding carboxylic acids is 2. The van der Waals surface area contributed by atoms with Gasteiger partial charge in [-0.2, -0.15) is 0 Å². The molecule has 88 valence electrons. The summed E-state index contributed by atoms with van der Waals surface area (Å²) >= 11 is 0. The van der Waals surface area contributed by atoms with Gasteiger partial charge in [0.25, 0.3) is 5.91 Å². The Balaban J connectivity index is 2.10. The number of nitrogens with zero attached hydrogens (tertiary/aromatic N) is 1. The van der Waals surface area contributed by atoms with Crippen molar-refractivity contribution in [3.8, 4) is 0 Å². The first-order valence-electron chi connectivity index (χ1n) is 5.17. The van der Waals surface area contributed by atoms with Crippen LogP contribution in [0.1, 0.15) is 12.8 Å². The molecule has 0 aromatic heterocycles. The molecule has 0 saturated heterocycles. The molecule has 0 bridgehead atoms. The van der Waals surface area contributed by atoms with Crippen LogP contribution >= 0.6 is 0 Å². The lowest BCUT2D eigenvalue weighted by Gasteiger charge is -2.11. The third-order valence-electron chi connectivity index (χ3n) is 2.84. The second-order valence-electron chi connectivity index (χ2n) is 4.01. The molecule has 1 aromatic carbocycles. The molecule has 1 fully saturated rings. The van der Waals surface area contributed by atoms with Gasteiger partial charge in [0.1, 0.15) is 11.2 Å². The summed E-state index contributed by atoms with van der Waals surface area (Å²) in [5, 5.41) is 2.57. The molecule has 2 amide bonds. The predicted molar refractivity (Wildman–Crippen MR) is 61.3 cm³/mol. The molecule has 5 heteroatoms. The van der Waals surface area contributed by atoms with E-state index < -0.39 is 17.2 Å². The molecule has 0 aliphatic heterocycles. The molecule has 0 atom stereocenters. The highest BCUT2D eigenvalue weighted by atomic mass is 19.1. The van der Waals surface area contributed by atoms with Gasteiger partial charge >= 0.3 is 0 Å². The van der Waals surface area contributed by atoms with Gasteiger partial charge in [-0.1, -0.05) is 0 Å². The van der Waals surface area contributed by atoms with Crippen LogP contribution in [0.15, 0.2) is 29.3 Å². The summed E-state index contributed by atoms with van der Waals surface area (Å²) in [5.41, 5.74) is -0.588. The topological polar surface area (TPSA) is 58.5 Å². The van der Waals surface area contributed by atoms with Crippen molar-refractivity contribution in [2.75, 3.05) is 5.32 Å². The molecule has 0 radical (unpaired) electrons. The Labute approximate surface area is 97.5 Å². The first-order chi connectivity index (χ1) is 8.08. The number of halogens is 1. The van der Waals surface area contributed by atoms with Crippen LogP contribution in [-0.4, -0.2) is 18.5 Å². The first-order valence-corrected chi connectivity index (χ1v) is 5.17. The third-order valence-corrected chi connectivity index (χ3v) is 2.84. The number of hydrogen-bond donors (Lipinski definition) is 1. The summed E-state index contributed by atoms with van der Waals surface area (Å²) in [4.78, 5) is 26.6. The van der Waals surface area contributed by atoms with E-state index >= 15 is 0 Å². The highest BCUT2D eigenvalue weighted by Gasteiger charge is 2.56. The van der Waals surface area contributed by atoms with E-state index in [9.17, 15) is 14.0 Å². The van der Waals surface area contributed by atoms with Gasteiger partial charge in [0.2, 0.25) is 5.91 Å². The first kappa shape index (κ1) is 11.4. The Morgan fingerprint density at radius 1 is 1.29 bits per heavy atom. The Hall–Kier alpha value is -2.04. The molecule has 1 aliphatic rings. The maximum absolute atomic E-state index is 12.7. The molecule has 1 aromatic rings. The van der Waals surface area contributed by atoms with Crippen LogP contribution in [0.3, 0.4) is 0 Å². The van der Waals surface area contributed by atoms with Crippen molar-refractivity contribution in [1.82, 2.24) is 0 Å². The monoisotopic (exact) mass is 234 g/mol. The number of hydrogen-bond acceptors (Lipinski definition) is 2. The summed E-state index contributed by atoms with van der Waals surface area (Å²) in [6.07, 6.45) is 0.968. The van der Waals surface area contributed by atoms with Crippen LogP contribution < -0.4 is 5.32 Å². The highest BCUT2D eigenvalue weighted by molar-refractivity contribution is 6.13. The maximum Gasteiger partial charge on any atom is 0.260 e. The van der Waals surface area contributed by atoms with E-state index in [1.54, 1.807) is 0 Å². The van der Waals surface area contributed by atoms with Gasteiger partial charge in [-0.05, 0) is 43.8 Å². The van der Waals surface area contributed by atoms with E-state index in [4.69, 9.17) is 0 Å². The fourth-order valence-electron chi connectivity index (χ4n) is 1.60. The van der Waals surface area contributed by atoms with Crippen LogP contribution in [0.2, 0.25) is 0 Å². The van der Waals surface area contributed by atoms with Gasteiger partial charge in [0.05, 0.1) is 0 Å². The molecule has 1 aliphatic carbocycles. The van der Waals surface area contributed by atoms with Gasteiger partial charge in [-0.15, -0.1) is 0 Å². The molecular weight excluding hydrogens is 223 g/mol. The van der Waals surface area contributed by atoms with E-state index in [-0.39, 0.29) is 5.82 Å². The molecule has 1 saturated carbocycles. The Morgan fingerprint density at radius 2 is 1.88 bits per heavy atom. The predicted octanol–water partition coefficient (Wildman–Crippen LogP) is 1.77. The summed E-state index contributed by atoms with van der Waals surface area (Å²) in [6, 6.07) is 5.36. The second-order valence-corrected chi connectivity index (χ2v) is 4.01. The zero-order valence-corrected chi connectivity index (χ0v) is 9.07. The maximum atomic E-state index is 12.7. The molecule has 4 nitrogen and oxygen atoms in total. The standard InChI is InChI=1S/C12H11FN2O2/c1-14-10(16)12(6-7-12)11(17)15-9-4-2-8(13)3-5-9/h2-5H,1,6-7H2,(H,15,17). The molecule has 0 unspecified atom stereocenters. The van der Waals surface area contributed by atoms with Gasteiger partial charge in [0.15, 0.2) is 0 Å². The average Bonchev–Trinajstić information content (AvgIpc) is 3.12. The van der Waals surface area contributed by atoms with Crippen molar-refractivity contribution >= 4 is 24.2 Å². The fraction of sp³-hybridized carbons (Fsp3) is 0.250. The number of aliphatic imine (C=N–C) groups is 1. The number of anilines is 1. The molecule has 0 heterocycles. The number of amides is 2. The Bertz CT molecular complexity index is 478. The number of carbonyl (C=O) groups is 2. The van der Waals surface area contributed by atoms with Crippen molar-refractivity contribution in [1.29, 1.82) is 0 Å². The SMILES string of the molecule is C=NC(=O)C1(C(=O)Nc2ccc(F)cc2)CC1. The molecule has 17 heavy (non-hydrogen) atoms. The number of benzene rings is 1. The molecule has 2 rings (SSSR count). The lowest BCUT2D eigenvalue weighted by molar-refractivity contribution is -0.132. The molecular formula is C12H11FN2O2. The van der Waals surface area contributed by atoms with Crippen molar-refractivity contribution in [2.45, 2.75) is 12.8 Å². The van der Waals surface area contributed by atoms with Crippen molar-refractivity contribution in [3.05, 3.63) is 30.1 Å². The van der Waals surface area contributed by atoms with Gasteiger partial charge in [-0.3, -0.25) is 9.59 Å². The second kappa shape index (κ2) is 4.08. The van der Waals surface area contributed by atoms with E-state index in [0.717, 1.165) is 0 Å². The van der Waals surface area contributed by atoms with E-state index in [1.807, 2.05) is 0 Å². The zero-order chi connectivity index (χ0) is 12.5. The summed E-state index contributed by atoms with van der Waals surface area (Å²) < 4.78 is 12.7. The summed E-state index contributed by atoms with van der Waals surface area (Å²) in [5.74, 6) is -1.29. The molecule has 1 N–H and O–H groups in total. The average molecular weight is 234 g/mol. The fourth-order valence-corrected chi connectivity index (χ4v) is 1.60. The smallest absolute Gasteiger partial charge is 0.260 e. The Morgan fingerprint density at radius 3 is 2.35 bits per heavy atom. The van der Waals surface area contributed by atoms with Crippen molar-refractivity contribution in [3.63, 3.8) is 0 Å². The van der Waals surface area contributed by atoms with Crippen LogP contribution in [0.4, 0.5) is 10.1 Å². The lowest BCUT2D eigenvalue weighted by atomic mass is 10.1. The van der Waals surface area contributed by atoms with Crippen molar-refractivity contribution < 1.29 is 14.0 Å². The minimum Gasteiger partial charge on any atom is -0.325 e. The van der Waals surface area contributed by atoms with Gasteiger partial charge in [-0.25, -0.2) is 9.38 Å². The minimum atomic E-state index is -1.05. The lowest BCUT2D eigenvalue weighted by Crippen LogP contribution is -2.30. The highest BCUT2D eigenvalue weighted by Crippen LogP contribution is 2.47. The van der Waals surface area contributed by atoms with Crippen LogP contribution in [0, 0.1) is 11.2 Å². The zero-order valence-electron chi connectivity index (χ0n) is 9.07. The van der Waals surface area contributed by atoms with Crippen LogP contribution in [-0.2, 0) is 9.59 Å². The largest absolute Gasteiger partial charge is 0.325 e. The number of rotatable bonds is 3. The quantitative estimate of drug-likeness (QED) is 0.640. The van der Waals surface area contributed by atoms with E-state index in [1.165, 1.54) is 24.3 Å².